The number of methoxy groups -OCH3 is 1. The van der Waals surface area contributed by atoms with Gasteiger partial charge in [-0.05, 0) is 18.9 Å². The lowest BCUT2D eigenvalue weighted by atomic mass is 10.2. The quantitative estimate of drug-likeness (QED) is 0.734. The second-order valence-electron chi connectivity index (χ2n) is 6.62. The average molecular weight is 370 g/mol. The van der Waals surface area contributed by atoms with Crippen LogP contribution in [0.2, 0.25) is 0 Å². The first-order valence-corrected chi connectivity index (χ1v) is 9.90. The van der Waals surface area contributed by atoms with E-state index in [0.717, 1.165) is 18.7 Å². The molecule has 0 saturated carbocycles. The summed E-state index contributed by atoms with van der Waals surface area (Å²) < 4.78 is 34.9. The second kappa shape index (κ2) is 7.40. The van der Waals surface area contributed by atoms with E-state index in [1.54, 1.807) is 13.3 Å². The molecular formula is C15H26N6O3S. The molecule has 0 bridgehead atoms. The molecule has 10 heteroatoms. The van der Waals surface area contributed by atoms with Crippen molar-refractivity contribution in [2.24, 2.45) is 0 Å². The van der Waals surface area contributed by atoms with Gasteiger partial charge in [0.1, 0.15) is 5.82 Å². The maximum absolute atomic E-state index is 12.5. The highest BCUT2D eigenvalue weighted by Crippen LogP contribution is 2.22. The van der Waals surface area contributed by atoms with Crippen molar-refractivity contribution in [3.8, 4) is 0 Å². The van der Waals surface area contributed by atoms with Gasteiger partial charge in [-0.3, -0.25) is 0 Å². The van der Waals surface area contributed by atoms with Crippen LogP contribution in [-0.2, 0) is 14.9 Å². The Bertz CT molecular complexity index is 692. The molecule has 2 fully saturated rings. The average Bonchev–Trinajstić information content (AvgIpc) is 3.24. The van der Waals surface area contributed by atoms with Gasteiger partial charge in [0.25, 0.3) is 10.2 Å². The molecule has 0 amide bonds. The Morgan fingerprint density at radius 3 is 2.64 bits per heavy atom. The molecule has 0 radical (unpaired) electrons. The smallest absolute Gasteiger partial charge is 0.279 e. The highest BCUT2D eigenvalue weighted by molar-refractivity contribution is 7.87. The first-order chi connectivity index (χ1) is 11.9. The van der Waals surface area contributed by atoms with E-state index in [1.807, 2.05) is 30.0 Å². The Morgan fingerprint density at radius 2 is 2.00 bits per heavy atom. The Hall–Kier alpha value is -1.49. The van der Waals surface area contributed by atoms with E-state index in [1.165, 1.54) is 4.31 Å². The van der Waals surface area contributed by atoms with Crippen LogP contribution >= 0.6 is 0 Å². The lowest BCUT2D eigenvalue weighted by Crippen LogP contribution is -2.49. The highest BCUT2D eigenvalue weighted by Gasteiger charge is 2.38. The summed E-state index contributed by atoms with van der Waals surface area (Å²) in [6, 6.07) is 1.52. The van der Waals surface area contributed by atoms with Crippen molar-refractivity contribution < 1.29 is 13.2 Å². The summed E-state index contributed by atoms with van der Waals surface area (Å²) >= 11 is 0. The number of ether oxygens (including phenoxy) is 1. The zero-order valence-electron chi connectivity index (χ0n) is 14.9. The van der Waals surface area contributed by atoms with Gasteiger partial charge in [-0.1, -0.05) is 0 Å². The second-order valence-corrected chi connectivity index (χ2v) is 8.33. The molecule has 1 aromatic rings. The molecule has 2 aliphatic heterocycles. The van der Waals surface area contributed by atoms with E-state index in [2.05, 4.69) is 14.7 Å². The number of anilines is 2. The van der Waals surface area contributed by atoms with E-state index in [0.29, 0.717) is 32.1 Å². The predicted molar refractivity (Wildman–Crippen MR) is 96.0 cm³/mol. The van der Waals surface area contributed by atoms with Crippen molar-refractivity contribution in [3.05, 3.63) is 12.3 Å². The first kappa shape index (κ1) is 18.3. The normalized spacial score (nSPS) is 24.8. The Kier molecular flexibility index (Phi) is 5.42. The summed E-state index contributed by atoms with van der Waals surface area (Å²) in [5.74, 6) is 1.39. The van der Waals surface area contributed by atoms with Crippen LogP contribution in [0.4, 0.5) is 11.8 Å². The number of aromatic nitrogens is 2. The van der Waals surface area contributed by atoms with Gasteiger partial charge in [-0.2, -0.15) is 22.4 Å². The summed E-state index contributed by atoms with van der Waals surface area (Å²) in [5, 5.41) is 0. The molecular weight excluding hydrogens is 344 g/mol. The molecule has 0 aromatic carbocycles. The van der Waals surface area contributed by atoms with Crippen LogP contribution < -0.4 is 14.5 Å². The van der Waals surface area contributed by atoms with Crippen molar-refractivity contribution in [2.45, 2.75) is 25.0 Å². The maximum Gasteiger partial charge on any atom is 0.279 e. The lowest BCUT2D eigenvalue weighted by molar-refractivity contribution is 0.103. The number of hydrogen-bond donors (Lipinski definition) is 1. The minimum absolute atomic E-state index is 0.227. The molecule has 2 saturated heterocycles. The van der Waals surface area contributed by atoms with E-state index < -0.39 is 10.2 Å². The van der Waals surface area contributed by atoms with Crippen LogP contribution in [0.5, 0.6) is 0 Å². The van der Waals surface area contributed by atoms with Gasteiger partial charge >= 0.3 is 0 Å². The van der Waals surface area contributed by atoms with Crippen LogP contribution in [0.25, 0.3) is 0 Å². The number of nitrogens with one attached hydrogen (secondary N) is 1. The van der Waals surface area contributed by atoms with Crippen molar-refractivity contribution in [1.82, 2.24) is 19.0 Å². The fourth-order valence-electron chi connectivity index (χ4n) is 3.24. The van der Waals surface area contributed by atoms with Crippen LogP contribution in [-0.4, -0.2) is 82.2 Å². The van der Waals surface area contributed by atoms with E-state index >= 15 is 0 Å². The monoisotopic (exact) mass is 370 g/mol. The van der Waals surface area contributed by atoms with Gasteiger partial charge < -0.3 is 14.5 Å². The minimum atomic E-state index is -3.48. The van der Waals surface area contributed by atoms with Gasteiger partial charge in [-0.25, -0.2) is 4.98 Å². The summed E-state index contributed by atoms with van der Waals surface area (Å²) in [6.45, 7) is 2.26. The van der Waals surface area contributed by atoms with E-state index in [-0.39, 0.29) is 12.1 Å². The zero-order valence-corrected chi connectivity index (χ0v) is 15.7. The van der Waals surface area contributed by atoms with Gasteiger partial charge in [0.15, 0.2) is 0 Å². The van der Waals surface area contributed by atoms with Crippen LogP contribution in [0, 0.1) is 0 Å². The van der Waals surface area contributed by atoms with Gasteiger partial charge in [0.05, 0.1) is 12.1 Å². The Labute approximate surface area is 149 Å². The third-order valence-electron chi connectivity index (χ3n) is 4.63. The third kappa shape index (κ3) is 4.02. The number of nitrogens with zero attached hydrogens (tertiary/aromatic N) is 5. The molecule has 0 aliphatic carbocycles. The van der Waals surface area contributed by atoms with E-state index in [4.69, 9.17) is 4.74 Å². The van der Waals surface area contributed by atoms with Crippen molar-refractivity contribution in [1.29, 1.82) is 0 Å². The molecule has 25 heavy (non-hydrogen) atoms. The van der Waals surface area contributed by atoms with Crippen molar-refractivity contribution in [3.63, 3.8) is 0 Å². The molecule has 1 aromatic heterocycles. The predicted octanol–water partition coefficient (Wildman–Crippen LogP) is -0.324. The molecule has 140 valence electrons. The molecule has 3 rings (SSSR count). The van der Waals surface area contributed by atoms with Gasteiger partial charge in [-0.15, -0.1) is 0 Å². The van der Waals surface area contributed by atoms with Crippen molar-refractivity contribution >= 4 is 22.0 Å². The molecule has 2 atom stereocenters. The van der Waals surface area contributed by atoms with Crippen LogP contribution in [0.3, 0.4) is 0 Å². The topological polar surface area (TPSA) is 90.9 Å². The van der Waals surface area contributed by atoms with Crippen LogP contribution in [0.1, 0.15) is 12.8 Å². The third-order valence-corrected chi connectivity index (χ3v) is 6.27. The van der Waals surface area contributed by atoms with E-state index in [9.17, 15) is 8.42 Å². The zero-order chi connectivity index (χ0) is 18.0. The fraction of sp³-hybridized carbons (Fsp3) is 0.733. The van der Waals surface area contributed by atoms with Gasteiger partial charge in [0.2, 0.25) is 5.95 Å². The molecule has 9 nitrogen and oxygen atoms in total. The Balaban J connectivity index is 1.73. The standard InChI is InChI=1S/C15H26N6O3S/c1-19(2)15-16-7-6-14(17-15)20-10-12(13(11-20)24-3)18-25(22,23)21-8-4-5-9-21/h6-7,12-13,18H,4-5,8-11H2,1-3H3/t12-,13+/m0/s1. The molecule has 0 spiro atoms. The molecule has 1 N–H and O–H groups in total. The maximum atomic E-state index is 12.5. The van der Waals surface area contributed by atoms with Crippen molar-refractivity contribution in [2.75, 3.05) is 57.2 Å². The SMILES string of the molecule is CO[C@@H]1CN(c2ccnc(N(C)C)n2)C[C@@H]1NS(=O)(=O)N1CCCC1. The minimum Gasteiger partial charge on any atom is -0.378 e. The lowest BCUT2D eigenvalue weighted by Gasteiger charge is -2.22. The van der Waals surface area contributed by atoms with Crippen LogP contribution in [0.15, 0.2) is 12.3 Å². The first-order valence-electron chi connectivity index (χ1n) is 8.46. The summed E-state index contributed by atoms with van der Waals surface area (Å²) in [7, 11) is 1.90. The molecule has 0 unspecified atom stereocenters. The summed E-state index contributed by atoms with van der Waals surface area (Å²) in [6.07, 6.45) is 3.32. The van der Waals surface area contributed by atoms with Gasteiger partial charge in [0, 0.05) is 53.6 Å². The Morgan fingerprint density at radius 1 is 1.28 bits per heavy atom. The number of hydrogen-bond acceptors (Lipinski definition) is 7. The largest absolute Gasteiger partial charge is 0.378 e. The molecule has 2 aliphatic rings. The number of rotatable bonds is 6. The molecule has 3 heterocycles. The highest BCUT2D eigenvalue weighted by atomic mass is 32.2. The fourth-order valence-corrected chi connectivity index (χ4v) is 4.73. The summed E-state index contributed by atoms with van der Waals surface area (Å²) in [4.78, 5) is 12.6. The summed E-state index contributed by atoms with van der Waals surface area (Å²) in [5.41, 5.74) is 0.